The molecule has 0 radical (unpaired) electrons. The van der Waals surface area contributed by atoms with Gasteiger partial charge in [-0.3, -0.25) is 4.90 Å². The van der Waals surface area contributed by atoms with Crippen LogP contribution in [0.15, 0.2) is 0 Å². The summed E-state index contributed by atoms with van der Waals surface area (Å²) in [6.45, 7) is 10.8. The van der Waals surface area contributed by atoms with Crippen molar-refractivity contribution in [3.8, 4) is 0 Å². The van der Waals surface area contributed by atoms with E-state index < -0.39 is 0 Å². The Kier molecular flexibility index (Phi) is 22.8. The molecule has 28 heavy (non-hydrogen) atoms. The molecule has 4 atom stereocenters. The Morgan fingerprint density at radius 1 is 0.786 bits per heavy atom. The summed E-state index contributed by atoms with van der Waals surface area (Å²) in [5, 5.41) is 46.5. The molecule has 0 saturated carbocycles. The first-order valence-electron chi connectivity index (χ1n) is 10.7. The van der Waals surface area contributed by atoms with E-state index in [4.69, 9.17) is 25.2 Å². The molecule has 8 heteroatoms. The number of nitrogens with zero attached hydrogens (tertiary/aromatic N) is 1. The van der Waals surface area contributed by atoms with Crippen LogP contribution in [0.1, 0.15) is 53.4 Å². The maximum Gasteiger partial charge on any atom is 0.0839 e. The van der Waals surface area contributed by atoms with Crippen LogP contribution in [-0.2, 0) is 4.74 Å². The summed E-state index contributed by atoms with van der Waals surface area (Å²) in [5.74, 6) is 0. The quantitative estimate of drug-likeness (QED) is 0.174. The third-order valence-corrected chi connectivity index (χ3v) is 4.59. The van der Waals surface area contributed by atoms with Crippen molar-refractivity contribution in [3.63, 3.8) is 0 Å². The van der Waals surface area contributed by atoms with Crippen LogP contribution in [0.3, 0.4) is 0 Å². The topological polar surface area (TPSA) is 129 Å². The second-order valence-corrected chi connectivity index (χ2v) is 6.66. The van der Waals surface area contributed by atoms with Gasteiger partial charge in [0, 0.05) is 32.2 Å². The van der Waals surface area contributed by atoms with Crippen LogP contribution in [0, 0.1) is 0 Å². The van der Waals surface area contributed by atoms with Gasteiger partial charge in [-0.25, -0.2) is 0 Å². The van der Waals surface area contributed by atoms with Crippen LogP contribution < -0.4 is 5.32 Å². The Bertz CT molecular complexity index is 294. The van der Waals surface area contributed by atoms with E-state index in [0.29, 0.717) is 44.8 Å². The van der Waals surface area contributed by atoms with Crippen molar-refractivity contribution in [2.75, 3.05) is 52.6 Å². The summed E-state index contributed by atoms with van der Waals surface area (Å²) in [6, 6.07) is 0.0410. The van der Waals surface area contributed by atoms with E-state index in [2.05, 4.69) is 19.2 Å². The highest BCUT2D eigenvalue weighted by Gasteiger charge is 2.34. The molecule has 0 bridgehead atoms. The molecule has 4 unspecified atom stereocenters. The zero-order valence-corrected chi connectivity index (χ0v) is 18.4. The predicted molar refractivity (Wildman–Crippen MR) is 112 cm³/mol. The van der Waals surface area contributed by atoms with Gasteiger partial charge in [-0.15, -0.1) is 0 Å². The highest BCUT2D eigenvalue weighted by molar-refractivity contribution is 4.81. The first-order valence-corrected chi connectivity index (χ1v) is 10.7. The molecule has 1 fully saturated rings. The number of epoxide rings is 1. The monoisotopic (exact) mass is 410 g/mol. The van der Waals surface area contributed by atoms with Crippen molar-refractivity contribution >= 4 is 0 Å². The normalized spacial score (nSPS) is 19.9. The average Bonchev–Trinajstić information content (AvgIpc) is 3.49. The molecule has 1 heterocycles. The minimum atomic E-state index is -0.377. The average molecular weight is 411 g/mol. The molecule has 6 N–H and O–H groups in total. The van der Waals surface area contributed by atoms with E-state index in [1.807, 2.05) is 18.7 Å². The first-order chi connectivity index (χ1) is 13.5. The van der Waals surface area contributed by atoms with Crippen molar-refractivity contribution in [1.29, 1.82) is 0 Å². The van der Waals surface area contributed by atoms with Crippen LogP contribution in [0.4, 0.5) is 0 Å². The largest absolute Gasteiger partial charge is 0.395 e. The SMILES string of the molecule is CCC(O)C(CC)N(CCO)CCO.CCC1OC1CC.OCCNCCO. The van der Waals surface area contributed by atoms with E-state index in [-0.39, 0.29) is 38.6 Å². The lowest BCUT2D eigenvalue weighted by Crippen LogP contribution is -2.45. The molecule has 0 aliphatic carbocycles. The van der Waals surface area contributed by atoms with Crippen molar-refractivity contribution < 1.29 is 30.3 Å². The van der Waals surface area contributed by atoms with Gasteiger partial charge >= 0.3 is 0 Å². The van der Waals surface area contributed by atoms with Gasteiger partial charge in [0.25, 0.3) is 0 Å². The number of hydrogen-bond donors (Lipinski definition) is 6. The lowest BCUT2D eigenvalue weighted by molar-refractivity contribution is 0.0266. The molecular formula is C20H46N2O6. The molecule has 0 aromatic rings. The predicted octanol–water partition coefficient (Wildman–Crippen LogP) is -0.0431. The maximum atomic E-state index is 9.74. The number of nitrogens with one attached hydrogen (secondary N) is 1. The van der Waals surface area contributed by atoms with Crippen LogP contribution in [-0.4, -0.2) is 107 Å². The van der Waals surface area contributed by atoms with E-state index in [1.54, 1.807) is 0 Å². The van der Waals surface area contributed by atoms with Gasteiger partial charge in [-0.2, -0.15) is 0 Å². The second kappa shape index (κ2) is 21.4. The Morgan fingerprint density at radius 2 is 1.25 bits per heavy atom. The molecule has 8 nitrogen and oxygen atoms in total. The number of rotatable bonds is 14. The molecule has 0 spiro atoms. The summed E-state index contributed by atoms with van der Waals surface area (Å²) in [7, 11) is 0. The molecule has 1 aliphatic heterocycles. The van der Waals surface area contributed by atoms with Gasteiger partial charge < -0.3 is 35.6 Å². The van der Waals surface area contributed by atoms with E-state index in [0.717, 1.165) is 6.42 Å². The third kappa shape index (κ3) is 15.6. The van der Waals surface area contributed by atoms with Crippen LogP contribution in [0.2, 0.25) is 0 Å². The van der Waals surface area contributed by atoms with Gasteiger partial charge in [0.2, 0.25) is 0 Å². The zero-order valence-electron chi connectivity index (χ0n) is 18.4. The molecule has 1 saturated heterocycles. The highest BCUT2D eigenvalue weighted by atomic mass is 16.6. The van der Waals surface area contributed by atoms with Crippen molar-refractivity contribution in [2.45, 2.75) is 77.7 Å². The van der Waals surface area contributed by atoms with Crippen molar-refractivity contribution in [3.05, 3.63) is 0 Å². The Balaban J connectivity index is 0. The lowest BCUT2D eigenvalue weighted by Gasteiger charge is -2.33. The Morgan fingerprint density at radius 3 is 1.50 bits per heavy atom. The van der Waals surface area contributed by atoms with E-state index in [9.17, 15) is 5.11 Å². The number of aliphatic hydroxyl groups is 5. The number of hydrogen-bond acceptors (Lipinski definition) is 8. The van der Waals surface area contributed by atoms with E-state index >= 15 is 0 Å². The molecule has 0 aromatic heterocycles. The molecule has 1 aliphatic rings. The molecular weight excluding hydrogens is 364 g/mol. The van der Waals surface area contributed by atoms with E-state index in [1.165, 1.54) is 12.8 Å². The third-order valence-electron chi connectivity index (χ3n) is 4.59. The fraction of sp³-hybridized carbons (Fsp3) is 1.00. The number of aliphatic hydroxyl groups excluding tert-OH is 5. The smallest absolute Gasteiger partial charge is 0.0839 e. The van der Waals surface area contributed by atoms with Crippen LogP contribution >= 0.6 is 0 Å². The van der Waals surface area contributed by atoms with Gasteiger partial charge in [0.15, 0.2) is 0 Å². The van der Waals surface area contributed by atoms with Crippen LogP contribution in [0.5, 0.6) is 0 Å². The lowest BCUT2D eigenvalue weighted by atomic mass is 10.0. The minimum absolute atomic E-state index is 0.0410. The first kappa shape index (κ1) is 29.9. The maximum absolute atomic E-state index is 9.74. The van der Waals surface area contributed by atoms with Crippen molar-refractivity contribution in [2.24, 2.45) is 0 Å². The molecule has 0 aromatic carbocycles. The van der Waals surface area contributed by atoms with Crippen molar-refractivity contribution in [1.82, 2.24) is 10.2 Å². The van der Waals surface area contributed by atoms with Gasteiger partial charge in [0.1, 0.15) is 0 Å². The summed E-state index contributed by atoms with van der Waals surface area (Å²) >= 11 is 0. The zero-order chi connectivity index (χ0) is 21.8. The summed E-state index contributed by atoms with van der Waals surface area (Å²) in [5.41, 5.74) is 0. The van der Waals surface area contributed by atoms with Gasteiger partial charge in [0.05, 0.1) is 44.7 Å². The van der Waals surface area contributed by atoms with Gasteiger partial charge in [-0.05, 0) is 25.7 Å². The summed E-state index contributed by atoms with van der Waals surface area (Å²) in [6.07, 6.45) is 4.77. The second-order valence-electron chi connectivity index (χ2n) is 6.66. The number of ether oxygens (including phenoxy) is 1. The minimum Gasteiger partial charge on any atom is -0.395 e. The highest BCUT2D eigenvalue weighted by Crippen LogP contribution is 2.26. The Hall–Kier alpha value is -0.320. The summed E-state index contributed by atoms with van der Waals surface area (Å²) in [4.78, 5) is 1.94. The molecule has 172 valence electrons. The Labute approximate surface area is 171 Å². The van der Waals surface area contributed by atoms with Crippen LogP contribution in [0.25, 0.3) is 0 Å². The molecule has 1 rings (SSSR count). The fourth-order valence-electron chi connectivity index (χ4n) is 2.93. The van der Waals surface area contributed by atoms with Gasteiger partial charge in [-0.1, -0.05) is 27.7 Å². The molecule has 0 amide bonds. The standard InChI is InChI=1S/C10H23NO3.C6H12O.C4H11NO2/c1-3-9(10(14)4-2)11(5-7-12)6-8-13;1-3-5-6(4-2)7-5;6-3-1-5-2-4-7/h9-10,12-14H,3-8H2,1-2H3;5-6H,3-4H2,1-2H3;5-7H,1-4H2. The fourth-order valence-corrected chi connectivity index (χ4v) is 2.93. The summed E-state index contributed by atoms with van der Waals surface area (Å²) < 4.78 is 5.22.